The molecule has 0 aliphatic heterocycles. The first kappa shape index (κ1) is 13.8. The molecule has 0 bridgehead atoms. The molecular weight excluding hydrogens is 236 g/mol. The Morgan fingerprint density at radius 1 is 1.53 bits per heavy atom. The van der Waals surface area contributed by atoms with Crippen molar-refractivity contribution in [1.82, 2.24) is 0 Å². The van der Waals surface area contributed by atoms with Gasteiger partial charge in [0.05, 0.1) is 4.92 Å². The molecule has 1 aromatic carbocycles. The van der Waals surface area contributed by atoms with Crippen molar-refractivity contribution in [2.75, 3.05) is 24.0 Å². The number of hydrogen-bond donors (Lipinski definition) is 0. The van der Waals surface area contributed by atoms with Crippen molar-refractivity contribution in [2.24, 2.45) is 0 Å². The van der Waals surface area contributed by atoms with E-state index in [2.05, 4.69) is 18.1 Å². The van der Waals surface area contributed by atoms with E-state index in [1.807, 2.05) is 19.2 Å². The van der Waals surface area contributed by atoms with Gasteiger partial charge < -0.3 is 4.90 Å². The van der Waals surface area contributed by atoms with E-state index in [0.29, 0.717) is 11.6 Å². The molecule has 1 atom stereocenters. The van der Waals surface area contributed by atoms with Crippen LogP contribution in [0.2, 0.25) is 0 Å². The molecule has 0 saturated carbocycles. The predicted octanol–water partition coefficient (Wildman–Crippen LogP) is 3.09. The second-order valence-corrected chi connectivity index (χ2v) is 5.05. The number of rotatable bonds is 5. The van der Waals surface area contributed by atoms with E-state index in [4.69, 9.17) is 0 Å². The highest BCUT2D eigenvalue weighted by atomic mass is 32.2. The molecule has 17 heavy (non-hydrogen) atoms. The standard InChI is InChI=1S/C12H18N2O2S/c1-9-7-11(5-6-12(9)14(15)16)13(3)10(2)8-17-4/h5-7,10H,8H2,1-4H3. The van der Waals surface area contributed by atoms with Crippen LogP contribution in [0.15, 0.2) is 18.2 Å². The third-order valence-electron chi connectivity index (χ3n) is 2.85. The maximum atomic E-state index is 10.7. The Kier molecular flexibility index (Phi) is 4.81. The molecule has 0 heterocycles. The van der Waals surface area contributed by atoms with Gasteiger partial charge in [-0.1, -0.05) is 0 Å². The van der Waals surface area contributed by atoms with Crippen LogP contribution in [0.4, 0.5) is 11.4 Å². The maximum absolute atomic E-state index is 10.7. The Morgan fingerprint density at radius 2 is 2.18 bits per heavy atom. The normalized spacial score (nSPS) is 12.2. The van der Waals surface area contributed by atoms with E-state index in [-0.39, 0.29) is 10.6 Å². The minimum atomic E-state index is -0.343. The summed E-state index contributed by atoms with van der Waals surface area (Å²) in [4.78, 5) is 12.5. The molecule has 0 saturated heterocycles. The fraction of sp³-hybridized carbons (Fsp3) is 0.500. The SMILES string of the molecule is CSCC(C)N(C)c1ccc([N+](=O)[O-])c(C)c1. The lowest BCUT2D eigenvalue weighted by Gasteiger charge is -2.26. The van der Waals surface area contributed by atoms with Gasteiger partial charge in [-0.15, -0.1) is 0 Å². The van der Waals surface area contributed by atoms with E-state index in [0.717, 1.165) is 11.4 Å². The molecule has 0 radical (unpaired) electrons. The molecule has 0 fully saturated rings. The van der Waals surface area contributed by atoms with Gasteiger partial charge in [-0.25, -0.2) is 0 Å². The fourth-order valence-electron chi connectivity index (χ4n) is 1.67. The molecule has 1 rings (SSSR count). The van der Waals surface area contributed by atoms with Crippen LogP contribution in [0.1, 0.15) is 12.5 Å². The smallest absolute Gasteiger partial charge is 0.272 e. The van der Waals surface area contributed by atoms with Crippen LogP contribution in [0.5, 0.6) is 0 Å². The summed E-state index contributed by atoms with van der Waals surface area (Å²) in [5.41, 5.74) is 1.91. The second-order valence-electron chi connectivity index (χ2n) is 4.14. The van der Waals surface area contributed by atoms with Crippen LogP contribution >= 0.6 is 11.8 Å². The molecular formula is C12H18N2O2S. The van der Waals surface area contributed by atoms with Gasteiger partial charge in [-0.3, -0.25) is 10.1 Å². The first-order valence-corrected chi connectivity index (χ1v) is 6.83. The van der Waals surface area contributed by atoms with Crippen molar-refractivity contribution < 1.29 is 4.92 Å². The number of hydrogen-bond acceptors (Lipinski definition) is 4. The van der Waals surface area contributed by atoms with Crippen LogP contribution in [0.25, 0.3) is 0 Å². The number of benzene rings is 1. The first-order chi connectivity index (χ1) is 7.97. The summed E-state index contributed by atoms with van der Waals surface area (Å²) in [7, 11) is 2.02. The summed E-state index contributed by atoms with van der Waals surface area (Å²) in [6.45, 7) is 3.92. The topological polar surface area (TPSA) is 46.4 Å². The molecule has 0 aliphatic rings. The zero-order valence-corrected chi connectivity index (χ0v) is 11.5. The van der Waals surface area contributed by atoms with Gasteiger partial charge >= 0.3 is 0 Å². The molecule has 0 aliphatic carbocycles. The van der Waals surface area contributed by atoms with Crippen LogP contribution in [-0.4, -0.2) is 30.0 Å². The lowest BCUT2D eigenvalue weighted by molar-refractivity contribution is -0.385. The Labute approximate surface area is 106 Å². The van der Waals surface area contributed by atoms with Crippen LogP contribution < -0.4 is 4.90 Å². The van der Waals surface area contributed by atoms with Crippen molar-refractivity contribution in [1.29, 1.82) is 0 Å². The lowest BCUT2D eigenvalue weighted by atomic mass is 10.1. The van der Waals surface area contributed by atoms with Crippen molar-refractivity contribution >= 4 is 23.1 Å². The number of anilines is 1. The molecule has 0 N–H and O–H groups in total. The summed E-state index contributed by atoms with van der Waals surface area (Å²) in [6, 6.07) is 5.66. The number of nitrogens with zero attached hydrogens (tertiary/aromatic N) is 2. The highest BCUT2D eigenvalue weighted by Crippen LogP contribution is 2.25. The van der Waals surface area contributed by atoms with Gasteiger partial charge in [-0.2, -0.15) is 11.8 Å². The molecule has 5 heteroatoms. The lowest BCUT2D eigenvalue weighted by Crippen LogP contribution is -2.30. The predicted molar refractivity (Wildman–Crippen MR) is 74.1 cm³/mol. The third kappa shape index (κ3) is 3.36. The molecule has 94 valence electrons. The summed E-state index contributed by atoms with van der Waals surface area (Å²) < 4.78 is 0. The third-order valence-corrected chi connectivity index (χ3v) is 3.67. The number of nitro benzene ring substituents is 1. The van der Waals surface area contributed by atoms with Crippen LogP contribution in [0, 0.1) is 17.0 Å². The zero-order valence-electron chi connectivity index (χ0n) is 10.6. The quantitative estimate of drug-likeness (QED) is 0.598. The fourth-order valence-corrected chi connectivity index (χ4v) is 2.38. The minimum Gasteiger partial charge on any atom is -0.371 e. The number of thioether (sulfide) groups is 1. The molecule has 4 nitrogen and oxygen atoms in total. The van der Waals surface area contributed by atoms with E-state index < -0.39 is 0 Å². The van der Waals surface area contributed by atoms with Gasteiger partial charge in [0.2, 0.25) is 0 Å². The Balaban J connectivity index is 2.93. The Hall–Kier alpha value is -1.23. The first-order valence-electron chi connectivity index (χ1n) is 5.44. The summed E-state index contributed by atoms with van der Waals surface area (Å²) in [6.07, 6.45) is 2.07. The molecule has 0 spiro atoms. The summed E-state index contributed by atoms with van der Waals surface area (Å²) in [5.74, 6) is 1.03. The highest BCUT2D eigenvalue weighted by molar-refractivity contribution is 7.98. The van der Waals surface area contributed by atoms with Crippen LogP contribution in [0.3, 0.4) is 0 Å². The minimum absolute atomic E-state index is 0.180. The molecule has 1 unspecified atom stereocenters. The monoisotopic (exact) mass is 254 g/mol. The van der Waals surface area contributed by atoms with E-state index in [1.165, 1.54) is 0 Å². The van der Waals surface area contributed by atoms with E-state index in [1.54, 1.807) is 24.8 Å². The summed E-state index contributed by atoms with van der Waals surface area (Å²) in [5, 5.41) is 10.7. The van der Waals surface area contributed by atoms with E-state index in [9.17, 15) is 10.1 Å². The summed E-state index contributed by atoms with van der Waals surface area (Å²) >= 11 is 1.80. The van der Waals surface area contributed by atoms with Crippen molar-refractivity contribution in [2.45, 2.75) is 19.9 Å². The zero-order chi connectivity index (χ0) is 13.0. The van der Waals surface area contributed by atoms with Gasteiger partial charge in [-0.05, 0) is 32.2 Å². The maximum Gasteiger partial charge on any atom is 0.272 e. The van der Waals surface area contributed by atoms with Crippen molar-refractivity contribution in [3.8, 4) is 0 Å². The van der Waals surface area contributed by atoms with Crippen molar-refractivity contribution in [3.05, 3.63) is 33.9 Å². The molecule has 1 aromatic rings. The highest BCUT2D eigenvalue weighted by Gasteiger charge is 2.14. The Bertz CT molecular complexity index is 409. The Morgan fingerprint density at radius 3 is 2.65 bits per heavy atom. The second kappa shape index (κ2) is 5.91. The van der Waals surface area contributed by atoms with Gasteiger partial charge in [0.25, 0.3) is 5.69 Å². The molecule has 0 aromatic heterocycles. The largest absolute Gasteiger partial charge is 0.371 e. The molecule has 0 amide bonds. The average molecular weight is 254 g/mol. The van der Waals surface area contributed by atoms with Crippen molar-refractivity contribution in [3.63, 3.8) is 0 Å². The number of aryl methyl sites for hydroxylation is 1. The number of nitro groups is 1. The van der Waals surface area contributed by atoms with Gasteiger partial charge in [0, 0.05) is 36.2 Å². The average Bonchev–Trinajstić information content (AvgIpc) is 2.27. The van der Waals surface area contributed by atoms with Crippen LogP contribution in [-0.2, 0) is 0 Å². The van der Waals surface area contributed by atoms with Gasteiger partial charge in [0.15, 0.2) is 0 Å². The van der Waals surface area contributed by atoms with E-state index >= 15 is 0 Å². The van der Waals surface area contributed by atoms with Gasteiger partial charge in [0.1, 0.15) is 0 Å².